The Labute approximate surface area is 369 Å². The predicted octanol–water partition coefficient (Wildman–Crippen LogP) is -11.5. The van der Waals surface area contributed by atoms with Crippen LogP contribution in [0.3, 0.4) is 0 Å². The van der Waals surface area contributed by atoms with Crippen molar-refractivity contribution in [2.45, 2.75) is 174 Å². The van der Waals surface area contributed by atoms with Crippen LogP contribution in [-0.4, -0.2) is 276 Å². The van der Waals surface area contributed by atoms with E-state index in [1.807, 2.05) is 0 Å². The average molecular weight is 952 g/mol. The normalized spacial score (nSPS) is 47.1. The number of nitrogens with one attached hydrogen (secondary N) is 3. The van der Waals surface area contributed by atoms with Gasteiger partial charge in [-0.25, -0.2) is 0 Å². The van der Waals surface area contributed by atoms with Crippen LogP contribution in [0, 0.1) is 0 Å². The minimum atomic E-state index is -1.99. The van der Waals surface area contributed by atoms with Crippen LogP contribution in [0.1, 0.15) is 20.8 Å². The molecule has 0 aromatic rings. The average Bonchev–Trinajstić information content (AvgIpc) is 3.25. The Kier molecular flexibility index (Phi) is 19.1. The van der Waals surface area contributed by atoms with Crippen LogP contribution in [0.4, 0.5) is 0 Å². The molecule has 5 heterocycles. The number of aliphatic hydroxyl groups is 14. The summed E-state index contributed by atoms with van der Waals surface area (Å²) in [5, 5.41) is 155. The smallest absolute Gasteiger partial charge is 0.217 e. The molecule has 65 heavy (non-hydrogen) atoms. The molecule has 3 amide bonds. The molecule has 25 atom stereocenters. The highest BCUT2D eigenvalue weighted by Gasteiger charge is 2.56. The number of carbonyl (C=O) groups is 3. The highest BCUT2D eigenvalue weighted by molar-refractivity contribution is 5.74. The molecule has 5 saturated heterocycles. The molecule has 0 saturated carbocycles. The Morgan fingerprint density at radius 1 is 0.400 bits per heavy atom. The van der Waals surface area contributed by atoms with Crippen LogP contribution in [0.25, 0.3) is 0 Å². The van der Waals surface area contributed by atoms with Crippen molar-refractivity contribution >= 4 is 17.7 Å². The molecule has 29 nitrogen and oxygen atoms in total. The minimum Gasteiger partial charge on any atom is -0.394 e. The van der Waals surface area contributed by atoms with E-state index < -0.39 is 204 Å². The Balaban J connectivity index is 1.36. The second kappa shape index (κ2) is 23.2. The molecule has 0 aliphatic carbocycles. The van der Waals surface area contributed by atoms with E-state index in [9.17, 15) is 85.9 Å². The Morgan fingerprint density at radius 3 is 1.26 bits per heavy atom. The lowest BCUT2D eigenvalue weighted by molar-refractivity contribution is -0.362. The summed E-state index contributed by atoms with van der Waals surface area (Å²) in [4.78, 5) is 37.1. The van der Waals surface area contributed by atoms with E-state index in [1.54, 1.807) is 0 Å². The molecule has 5 aliphatic heterocycles. The van der Waals surface area contributed by atoms with E-state index in [0.29, 0.717) is 0 Å². The molecular weight excluding hydrogens is 890 g/mol. The second-order valence-corrected chi connectivity index (χ2v) is 16.2. The molecule has 0 spiro atoms. The van der Waals surface area contributed by atoms with Gasteiger partial charge < -0.3 is 130 Å². The maximum atomic E-state index is 12.5. The van der Waals surface area contributed by atoms with Crippen LogP contribution < -0.4 is 16.0 Å². The van der Waals surface area contributed by atoms with Gasteiger partial charge in [-0.15, -0.1) is 0 Å². The second-order valence-electron chi connectivity index (χ2n) is 16.2. The summed E-state index contributed by atoms with van der Waals surface area (Å²) in [6, 6.07) is -4.82. The highest BCUT2D eigenvalue weighted by atomic mass is 16.8. The zero-order valence-corrected chi connectivity index (χ0v) is 35.1. The topological polar surface area (TPSA) is 454 Å². The van der Waals surface area contributed by atoms with Crippen LogP contribution in [0.15, 0.2) is 0 Å². The van der Waals surface area contributed by atoms with E-state index in [2.05, 4.69) is 16.0 Å². The zero-order valence-electron chi connectivity index (χ0n) is 35.1. The summed E-state index contributed by atoms with van der Waals surface area (Å²) in [7, 11) is 0. The maximum absolute atomic E-state index is 12.5. The summed E-state index contributed by atoms with van der Waals surface area (Å²) in [5.74, 6) is -2.29. The van der Waals surface area contributed by atoms with Gasteiger partial charge in [-0.05, 0) is 0 Å². The van der Waals surface area contributed by atoms with Crippen LogP contribution in [-0.2, 0) is 57.0 Å². The summed E-state index contributed by atoms with van der Waals surface area (Å²) >= 11 is 0. The third kappa shape index (κ3) is 12.0. The molecule has 376 valence electrons. The summed E-state index contributed by atoms with van der Waals surface area (Å²) < 4.78 is 51.5. The molecule has 5 rings (SSSR count). The largest absolute Gasteiger partial charge is 0.394 e. The minimum absolute atomic E-state index is 0.738. The lowest BCUT2D eigenvalue weighted by Gasteiger charge is -2.50. The van der Waals surface area contributed by atoms with E-state index in [1.165, 1.54) is 0 Å². The van der Waals surface area contributed by atoms with E-state index in [-0.39, 0.29) is 0 Å². The Hall–Kier alpha value is -2.51. The van der Waals surface area contributed by atoms with Crippen molar-refractivity contribution in [1.29, 1.82) is 0 Å². The standard InChI is InChI=1S/C36H61N3O26/c1-9(44)37-17-24(51)29(63-34-19(39-11(3)46)31(22(49)14(6-42)59-34)65-36-28(55)26(53)21(48)13(5-41)61-36)15(7-43)62-33(17)57-8-16-23(50)30(18(32(56)58-16)38-10(2)45)64-35-27(54)25(52)20(47)12(4-40)60-35/h12-36,40-43,47-56H,4-8H2,1-3H3,(H,37,44)(H,38,45)(H,39,46)/t12-,13-,14-,15-,16-,17-,18-,19-,20+,21+,22+,23+,24-,25+,26+,27-,28-,29-,30-,31-,32?,33-,34+,35+,36+/m1/s1. The third-order valence-corrected chi connectivity index (χ3v) is 11.5. The molecule has 0 radical (unpaired) electrons. The van der Waals surface area contributed by atoms with Gasteiger partial charge >= 0.3 is 0 Å². The van der Waals surface area contributed by atoms with Gasteiger partial charge in [-0.2, -0.15) is 0 Å². The summed E-state index contributed by atoms with van der Waals surface area (Å²) in [6.07, 6.45) is -39.3. The molecular formula is C36H61N3O26. The fourth-order valence-corrected chi connectivity index (χ4v) is 8.14. The number of carbonyl (C=O) groups excluding carboxylic acids is 3. The number of hydrogen-bond acceptors (Lipinski definition) is 26. The van der Waals surface area contributed by atoms with Crippen molar-refractivity contribution < 1.29 is 129 Å². The van der Waals surface area contributed by atoms with Gasteiger partial charge in [0.2, 0.25) is 17.7 Å². The predicted molar refractivity (Wildman–Crippen MR) is 201 cm³/mol. The Morgan fingerprint density at radius 2 is 0.785 bits per heavy atom. The SMILES string of the molecule is CC(=O)N[C@H]1[C@H](OC[C@H]2OC(O)[C@H](NC(C)=O)[C@@H](O[C@@H]3O[C@H](CO)[C@H](O)[C@H](O)[C@H]3O)[C@H]2O)O[C@H](CO)[C@@H](O[C@@H]2O[C@H](CO)[C@H](O)[C@H](O[C@@H]3O[C@H](CO)[C@H](O)[C@H](O)[C@H]3O)[C@H]2NC(C)=O)[C@@H]1O. The van der Waals surface area contributed by atoms with Gasteiger partial charge in [0.15, 0.2) is 31.5 Å². The molecule has 0 aromatic carbocycles. The monoisotopic (exact) mass is 951 g/mol. The lowest BCUT2D eigenvalue weighted by Crippen LogP contribution is -2.71. The molecule has 0 aromatic heterocycles. The van der Waals surface area contributed by atoms with Gasteiger partial charge in [-0.1, -0.05) is 0 Å². The zero-order chi connectivity index (χ0) is 48.2. The first kappa shape index (κ1) is 53.4. The number of aliphatic hydroxyl groups excluding tert-OH is 14. The van der Waals surface area contributed by atoms with Crippen LogP contribution in [0.2, 0.25) is 0 Å². The molecule has 5 fully saturated rings. The van der Waals surface area contributed by atoms with Gasteiger partial charge in [0, 0.05) is 20.8 Å². The van der Waals surface area contributed by atoms with Crippen molar-refractivity contribution in [3.63, 3.8) is 0 Å². The van der Waals surface area contributed by atoms with Gasteiger partial charge in [0.05, 0.1) is 33.0 Å². The van der Waals surface area contributed by atoms with Crippen molar-refractivity contribution in [3.05, 3.63) is 0 Å². The van der Waals surface area contributed by atoms with E-state index in [0.717, 1.165) is 20.8 Å². The molecule has 1 unspecified atom stereocenters. The lowest BCUT2D eigenvalue weighted by atomic mass is 9.93. The van der Waals surface area contributed by atoms with E-state index in [4.69, 9.17) is 42.6 Å². The summed E-state index contributed by atoms with van der Waals surface area (Å²) in [6.45, 7) is -1.19. The molecule has 0 bridgehead atoms. The van der Waals surface area contributed by atoms with Crippen LogP contribution in [0.5, 0.6) is 0 Å². The maximum Gasteiger partial charge on any atom is 0.217 e. The number of amides is 3. The third-order valence-electron chi connectivity index (χ3n) is 11.5. The summed E-state index contributed by atoms with van der Waals surface area (Å²) in [5.41, 5.74) is 0. The quantitative estimate of drug-likeness (QED) is 0.0683. The van der Waals surface area contributed by atoms with Crippen molar-refractivity contribution in [1.82, 2.24) is 16.0 Å². The number of rotatable bonds is 16. The van der Waals surface area contributed by atoms with E-state index >= 15 is 0 Å². The molecule has 29 heteroatoms. The van der Waals surface area contributed by atoms with Crippen LogP contribution >= 0.6 is 0 Å². The number of hydrogen-bond donors (Lipinski definition) is 17. The fraction of sp³-hybridized carbons (Fsp3) is 0.917. The molecule has 5 aliphatic rings. The first-order valence-electron chi connectivity index (χ1n) is 20.6. The van der Waals surface area contributed by atoms with Gasteiger partial charge in [-0.3, -0.25) is 14.4 Å². The molecule has 17 N–H and O–H groups in total. The fourth-order valence-electron chi connectivity index (χ4n) is 8.14. The van der Waals surface area contributed by atoms with Gasteiger partial charge in [0.1, 0.15) is 122 Å². The number of ether oxygens (including phenoxy) is 9. The van der Waals surface area contributed by atoms with Crippen molar-refractivity contribution in [2.24, 2.45) is 0 Å². The first-order chi connectivity index (χ1) is 30.7. The highest BCUT2D eigenvalue weighted by Crippen LogP contribution is 2.34. The van der Waals surface area contributed by atoms with Gasteiger partial charge in [0.25, 0.3) is 0 Å². The van der Waals surface area contributed by atoms with Crippen molar-refractivity contribution in [2.75, 3.05) is 33.0 Å². The Bertz CT molecular complexity index is 1550. The first-order valence-corrected chi connectivity index (χ1v) is 20.6. The van der Waals surface area contributed by atoms with Crippen molar-refractivity contribution in [3.8, 4) is 0 Å².